The molecule has 1 aliphatic rings. The Labute approximate surface area is 123 Å². The Balaban J connectivity index is 1.58. The van der Waals surface area contributed by atoms with Crippen molar-refractivity contribution in [3.05, 3.63) is 30.2 Å². The monoisotopic (exact) mass is 292 g/mol. The van der Waals surface area contributed by atoms with Crippen LogP contribution in [0.2, 0.25) is 0 Å². The minimum Gasteiger partial charge on any atom is -0.461 e. The first kappa shape index (κ1) is 14.3. The van der Waals surface area contributed by atoms with Gasteiger partial charge in [-0.05, 0) is 19.2 Å². The first-order valence-corrected chi connectivity index (χ1v) is 7.13. The molecule has 6 heteroatoms. The quantitative estimate of drug-likeness (QED) is 0.907. The van der Waals surface area contributed by atoms with Crippen molar-refractivity contribution in [1.29, 1.82) is 0 Å². The number of hydrogen-bond acceptors (Lipinski definition) is 6. The molecule has 1 aliphatic heterocycles. The van der Waals surface area contributed by atoms with E-state index in [1.807, 2.05) is 25.2 Å². The number of hydrogen-bond donors (Lipinski definition) is 1. The SMILES string of the molecule is CN(Cc1cc(-c2ccco2)on1)CC1(O)CCOCC1. The van der Waals surface area contributed by atoms with Gasteiger partial charge < -0.3 is 18.8 Å². The van der Waals surface area contributed by atoms with Crippen LogP contribution in [-0.4, -0.2) is 47.6 Å². The lowest BCUT2D eigenvalue weighted by atomic mass is 9.94. The standard InChI is InChI=1S/C15H20N2O4/c1-17(11-15(18)4-7-19-8-5-15)10-12-9-14(21-16-12)13-3-2-6-20-13/h2-3,6,9,18H,4-5,7-8,10-11H2,1H3. The van der Waals surface area contributed by atoms with E-state index in [0.717, 1.165) is 5.69 Å². The summed E-state index contributed by atoms with van der Waals surface area (Å²) in [5.41, 5.74) is 0.153. The molecule has 114 valence electrons. The molecule has 0 aliphatic carbocycles. The highest BCUT2D eigenvalue weighted by Gasteiger charge is 2.31. The molecule has 0 unspecified atom stereocenters. The van der Waals surface area contributed by atoms with Crippen molar-refractivity contribution in [2.45, 2.75) is 25.0 Å². The van der Waals surface area contributed by atoms with Gasteiger partial charge in [-0.15, -0.1) is 0 Å². The third kappa shape index (κ3) is 3.53. The summed E-state index contributed by atoms with van der Waals surface area (Å²) >= 11 is 0. The lowest BCUT2D eigenvalue weighted by Gasteiger charge is -2.35. The van der Waals surface area contributed by atoms with Crippen molar-refractivity contribution in [2.75, 3.05) is 26.8 Å². The van der Waals surface area contributed by atoms with E-state index in [-0.39, 0.29) is 0 Å². The molecule has 0 amide bonds. The number of ether oxygens (including phenoxy) is 1. The van der Waals surface area contributed by atoms with E-state index >= 15 is 0 Å². The van der Waals surface area contributed by atoms with Crippen LogP contribution >= 0.6 is 0 Å². The number of nitrogens with zero attached hydrogens (tertiary/aromatic N) is 2. The van der Waals surface area contributed by atoms with Gasteiger partial charge in [0.2, 0.25) is 5.76 Å². The molecule has 2 aromatic rings. The fraction of sp³-hybridized carbons (Fsp3) is 0.533. The van der Waals surface area contributed by atoms with E-state index in [2.05, 4.69) is 10.1 Å². The Morgan fingerprint density at radius 1 is 1.33 bits per heavy atom. The van der Waals surface area contributed by atoms with Gasteiger partial charge in [0.15, 0.2) is 5.76 Å². The molecule has 21 heavy (non-hydrogen) atoms. The highest BCUT2D eigenvalue weighted by Crippen LogP contribution is 2.23. The predicted octanol–water partition coefficient (Wildman–Crippen LogP) is 1.91. The Bertz CT molecular complexity index is 558. The molecule has 3 heterocycles. The van der Waals surface area contributed by atoms with Gasteiger partial charge in [0.1, 0.15) is 0 Å². The summed E-state index contributed by atoms with van der Waals surface area (Å²) in [6, 6.07) is 5.51. The minimum atomic E-state index is -0.666. The summed E-state index contributed by atoms with van der Waals surface area (Å²) in [5.74, 6) is 1.28. The molecule has 0 spiro atoms. The smallest absolute Gasteiger partial charge is 0.202 e. The second-order valence-corrected chi connectivity index (χ2v) is 5.67. The van der Waals surface area contributed by atoms with Crippen molar-refractivity contribution in [1.82, 2.24) is 10.1 Å². The number of aliphatic hydroxyl groups is 1. The molecule has 0 atom stereocenters. The molecule has 0 aromatic carbocycles. The van der Waals surface area contributed by atoms with Crippen LogP contribution in [0.3, 0.4) is 0 Å². The van der Waals surface area contributed by atoms with Crippen molar-refractivity contribution < 1.29 is 18.8 Å². The number of furan rings is 1. The fourth-order valence-electron chi connectivity index (χ4n) is 2.67. The van der Waals surface area contributed by atoms with E-state index < -0.39 is 5.60 Å². The van der Waals surface area contributed by atoms with E-state index in [4.69, 9.17) is 13.7 Å². The lowest BCUT2D eigenvalue weighted by molar-refractivity contribution is -0.0778. The number of likely N-dealkylation sites (N-methyl/N-ethyl adjacent to an activating group) is 1. The Kier molecular flexibility index (Phi) is 4.10. The van der Waals surface area contributed by atoms with Crippen LogP contribution in [0.4, 0.5) is 0 Å². The fourth-order valence-corrected chi connectivity index (χ4v) is 2.67. The van der Waals surface area contributed by atoms with Gasteiger partial charge >= 0.3 is 0 Å². The third-order valence-electron chi connectivity index (χ3n) is 3.74. The molecule has 1 saturated heterocycles. The van der Waals surface area contributed by atoms with Crippen LogP contribution in [0.5, 0.6) is 0 Å². The van der Waals surface area contributed by atoms with Gasteiger partial charge in [0, 0.05) is 45.2 Å². The maximum Gasteiger partial charge on any atom is 0.202 e. The lowest BCUT2D eigenvalue weighted by Crippen LogP contribution is -2.45. The second kappa shape index (κ2) is 6.01. The van der Waals surface area contributed by atoms with Crippen LogP contribution in [-0.2, 0) is 11.3 Å². The van der Waals surface area contributed by atoms with Crippen LogP contribution in [0.25, 0.3) is 11.5 Å². The van der Waals surface area contributed by atoms with Gasteiger partial charge in [0.25, 0.3) is 0 Å². The van der Waals surface area contributed by atoms with E-state index in [1.54, 1.807) is 6.26 Å². The van der Waals surface area contributed by atoms with Gasteiger partial charge in [-0.3, -0.25) is 4.90 Å². The van der Waals surface area contributed by atoms with Crippen molar-refractivity contribution >= 4 is 0 Å². The summed E-state index contributed by atoms with van der Waals surface area (Å²) in [5, 5.41) is 14.5. The van der Waals surface area contributed by atoms with Crippen molar-refractivity contribution in [2.24, 2.45) is 0 Å². The molecule has 1 fully saturated rings. The second-order valence-electron chi connectivity index (χ2n) is 5.67. The van der Waals surface area contributed by atoms with E-state index in [0.29, 0.717) is 50.7 Å². The Morgan fingerprint density at radius 2 is 2.14 bits per heavy atom. The summed E-state index contributed by atoms with van der Waals surface area (Å²) in [4.78, 5) is 2.05. The Morgan fingerprint density at radius 3 is 2.86 bits per heavy atom. The van der Waals surface area contributed by atoms with Crippen molar-refractivity contribution in [3.8, 4) is 11.5 Å². The molecule has 6 nitrogen and oxygen atoms in total. The highest BCUT2D eigenvalue weighted by atomic mass is 16.5. The number of aromatic nitrogens is 1. The molecule has 1 N–H and O–H groups in total. The maximum atomic E-state index is 10.5. The van der Waals surface area contributed by atoms with E-state index in [1.165, 1.54) is 0 Å². The first-order chi connectivity index (χ1) is 10.1. The van der Waals surface area contributed by atoms with E-state index in [9.17, 15) is 5.11 Å². The normalized spacial score (nSPS) is 18.2. The van der Waals surface area contributed by atoms with Crippen LogP contribution in [0.15, 0.2) is 33.4 Å². The van der Waals surface area contributed by atoms with Crippen LogP contribution in [0, 0.1) is 0 Å². The third-order valence-corrected chi connectivity index (χ3v) is 3.74. The molecular weight excluding hydrogens is 272 g/mol. The molecule has 0 saturated carbocycles. The average Bonchev–Trinajstić information content (AvgIpc) is 3.08. The maximum absolute atomic E-state index is 10.5. The molecule has 0 radical (unpaired) electrons. The van der Waals surface area contributed by atoms with Gasteiger partial charge in [-0.25, -0.2) is 0 Å². The molecule has 0 bridgehead atoms. The summed E-state index contributed by atoms with van der Waals surface area (Å²) in [6.07, 6.45) is 2.95. The zero-order chi connectivity index (χ0) is 14.7. The van der Waals surface area contributed by atoms with Crippen molar-refractivity contribution in [3.63, 3.8) is 0 Å². The topological polar surface area (TPSA) is 71.9 Å². The number of rotatable bonds is 5. The summed E-state index contributed by atoms with van der Waals surface area (Å²) < 4.78 is 15.8. The first-order valence-electron chi connectivity index (χ1n) is 7.13. The van der Waals surface area contributed by atoms with Crippen LogP contribution in [0.1, 0.15) is 18.5 Å². The zero-order valence-electron chi connectivity index (χ0n) is 12.1. The van der Waals surface area contributed by atoms with Gasteiger partial charge in [-0.2, -0.15) is 0 Å². The molecule has 2 aromatic heterocycles. The summed E-state index contributed by atoms with van der Waals surface area (Å²) in [6.45, 7) is 2.46. The average molecular weight is 292 g/mol. The predicted molar refractivity (Wildman–Crippen MR) is 75.5 cm³/mol. The zero-order valence-corrected chi connectivity index (χ0v) is 12.1. The highest BCUT2D eigenvalue weighted by molar-refractivity contribution is 5.49. The minimum absolute atomic E-state index is 0.597. The molecule has 3 rings (SSSR count). The van der Waals surface area contributed by atoms with Crippen LogP contribution < -0.4 is 0 Å². The largest absolute Gasteiger partial charge is 0.461 e. The summed E-state index contributed by atoms with van der Waals surface area (Å²) in [7, 11) is 1.97. The Hall–Kier alpha value is -1.63. The molecular formula is C15H20N2O4. The van der Waals surface area contributed by atoms with Gasteiger partial charge in [-0.1, -0.05) is 5.16 Å². The van der Waals surface area contributed by atoms with Gasteiger partial charge in [0.05, 0.1) is 17.6 Å².